The summed E-state index contributed by atoms with van der Waals surface area (Å²) in [5.41, 5.74) is -0.692. The normalized spacial score (nSPS) is 27.7. The average molecular weight is 296 g/mol. The van der Waals surface area contributed by atoms with Crippen molar-refractivity contribution >= 4 is 11.9 Å². The van der Waals surface area contributed by atoms with Crippen LogP contribution in [-0.2, 0) is 9.59 Å². The molecule has 0 radical (unpaired) electrons. The number of carbonyl (C=O) groups excluding carboxylic acids is 1. The van der Waals surface area contributed by atoms with E-state index in [1.165, 1.54) is 32.1 Å². The highest BCUT2D eigenvalue weighted by atomic mass is 16.4. The molecule has 120 valence electrons. The SMILES string of the molecule is CN(CC1CCCCC1)C(=O)CN1CCC(C)(C(=O)O)C1. The van der Waals surface area contributed by atoms with E-state index in [-0.39, 0.29) is 5.91 Å². The Bertz CT molecular complexity index is 393. The first-order valence-corrected chi connectivity index (χ1v) is 8.10. The first-order valence-electron chi connectivity index (χ1n) is 8.10. The van der Waals surface area contributed by atoms with Gasteiger partial charge in [-0.2, -0.15) is 0 Å². The summed E-state index contributed by atoms with van der Waals surface area (Å²) in [4.78, 5) is 27.3. The maximum atomic E-state index is 12.3. The first-order chi connectivity index (χ1) is 9.90. The molecule has 1 unspecified atom stereocenters. The molecule has 1 N–H and O–H groups in total. The lowest BCUT2D eigenvalue weighted by atomic mass is 9.89. The Morgan fingerprint density at radius 3 is 2.52 bits per heavy atom. The van der Waals surface area contributed by atoms with Crippen molar-refractivity contribution in [2.45, 2.75) is 45.4 Å². The molecule has 2 rings (SSSR count). The number of aliphatic carboxylic acids is 1. The molecule has 2 fully saturated rings. The van der Waals surface area contributed by atoms with Gasteiger partial charge in [-0.3, -0.25) is 14.5 Å². The van der Waals surface area contributed by atoms with Crippen molar-refractivity contribution < 1.29 is 14.7 Å². The van der Waals surface area contributed by atoms with E-state index in [1.807, 2.05) is 16.8 Å². The van der Waals surface area contributed by atoms with Gasteiger partial charge >= 0.3 is 5.97 Å². The highest BCUT2D eigenvalue weighted by Gasteiger charge is 2.40. The van der Waals surface area contributed by atoms with Crippen LogP contribution in [0.25, 0.3) is 0 Å². The molecule has 1 heterocycles. The van der Waals surface area contributed by atoms with Crippen molar-refractivity contribution in [3.05, 3.63) is 0 Å². The number of likely N-dealkylation sites (tertiary alicyclic amines) is 1. The third-order valence-corrected chi connectivity index (χ3v) is 5.11. The van der Waals surface area contributed by atoms with E-state index in [2.05, 4.69) is 0 Å². The lowest BCUT2D eigenvalue weighted by molar-refractivity contribution is -0.147. The van der Waals surface area contributed by atoms with Crippen LogP contribution in [0.5, 0.6) is 0 Å². The zero-order valence-electron chi connectivity index (χ0n) is 13.3. The van der Waals surface area contributed by atoms with Gasteiger partial charge in [-0.05, 0) is 38.6 Å². The number of amides is 1. The van der Waals surface area contributed by atoms with E-state index < -0.39 is 11.4 Å². The fourth-order valence-electron chi connectivity index (χ4n) is 3.54. The van der Waals surface area contributed by atoms with E-state index in [9.17, 15) is 14.7 Å². The van der Waals surface area contributed by atoms with Crippen LogP contribution in [-0.4, -0.2) is 60.0 Å². The third kappa shape index (κ3) is 4.19. The molecule has 0 aromatic rings. The maximum Gasteiger partial charge on any atom is 0.310 e. The van der Waals surface area contributed by atoms with Gasteiger partial charge in [0.15, 0.2) is 0 Å². The molecule has 1 amide bonds. The molecule has 2 aliphatic rings. The lowest BCUT2D eigenvalue weighted by Crippen LogP contribution is -2.41. The number of hydrogen-bond acceptors (Lipinski definition) is 3. The zero-order chi connectivity index (χ0) is 15.5. The smallest absolute Gasteiger partial charge is 0.310 e. The summed E-state index contributed by atoms with van der Waals surface area (Å²) < 4.78 is 0. The Morgan fingerprint density at radius 2 is 1.95 bits per heavy atom. The third-order valence-electron chi connectivity index (χ3n) is 5.11. The summed E-state index contributed by atoms with van der Waals surface area (Å²) in [5.74, 6) is 0.0128. The minimum atomic E-state index is -0.756. The van der Waals surface area contributed by atoms with Gasteiger partial charge in [0.1, 0.15) is 0 Å². The van der Waals surface area contributed by atoms with Crippen molar-refractivity contribution in [2.24, 2.45) is 11.3 Å². The highest BCUT2D eigenvalue weighted by Crippen LogP contribution is 2.30. The van der Waals surface area contributed by atoms with Gasteiger partial charge < -0.3 is 10.0 Å². The predicted molar refractivity (Wildman–Crippen MR) is 81.0 cm³/mol. The number of hydrogen-bond donors (Lipinski definition) is 1. The molecule has 0 aromatic carbocycles. The largest absolute Gasteiger partial charge is 0.481 e. The van der Waals surface area contributed by atoms with Crippen LogP contribution < -0.4 is 0 Å². The van der Waals surface area contributed by atoms with Gasteiger partial charge in [-0.1, -0.05) is 19.3 Å². The second-order valence-corrected chi connectivity index (χ2v) is 7.10. The van der Waals surface area contributed by atoms with Crippen LogP contribution in [0.4, 0.5) is 0 Å². The fourth-order valence-corrected chi connectivity index (χ4v) is 3.54. The molecule has 1 aliphatic carbocycles. The summed E-state index contributed by atoms with van der Waals surface area (Å²) in [7, 11) is 1.88. The summed E-state index contributed by atoms with van der Waals surface area (Å²) in [5, 5.41) is 9.23. The Labute approximate surface area is 127 Å². The van der Waals surface area contributed by atoms with Crippen LogP contribution in [0.3, 0.4) is 0 Å². The molecular formula is C16H28N2O3. The standard InChI is InChI=1S/C16H28N2O3/c1-16(15(20)21)8-9-18(12-16)11-14(19)17(2)10-13-6-4-3-5-7-13/h13H,3-12H2,1-2H3,(H,20,21). The Balaban J connectivity index is 1.77. The molecular weight excluding hydrogens is 268 g/mol. The summed E-state index contributed by atoms with van der Waals surface area (Å²) in [6.07, 6.45) is 7.00. The Hall–Kier alpha value is -1.10. The van der Waals surface area contributed by atoms with Crippen LogP contribution in [0.1, 0.15) is 45.4 Å². The summed E-state index contributed by atoms with van der Waals surface area (Å²) in [6, 6.07) is 0. The quantitative estimate of drug-likeness (QED) is 0.840. The van der Waals surface area contributed by atoms with Gasteiger partial charge in [0.2, 0.25) is 5.91 Å². The number of carboxylic acid groups (broad SMARTS) is 1. The van der Waals surface area contributed by atoms with Crippen LogP contribution in [0, 0.1) is 11.3 Å². The van der Waals surface area contributed by atoms with Crippen molar-refractivity contribution in [2.75, 3.05) is 33.2 Å². The molecule has 21 heavy (non-hydrogen) atoms. The van der Waals surface area contributed by atoms with Gasteiger partial charge in [-0.15, -0.1) is 0 Å². The molecule has 1 aliphatic heterocycles. The van der Waals surface area contributed by atoms with E-state index >= 15 is 0 Å². The minimum absolute atomic E-state index is 0.121. The monoisotopic (exact) mass is 296 g/mol. The van der Waals surface area contributed by atoms with Gasteiger partial charge in [0.05, 0.1) is 12.0 Å². The van der Waals surface area contributed by atoms with Crippen LogP contribution in [0.2, 0.25) is 0 Å². The van der Waals surface area contributed by atoms with Gasteiger partial charge in [0.25, 0.3) is 0 Å². The molecule has 0 spiro atoms. The Morgan fingerprint density at radius 1 is 1.29 bits per heavy atom. The lowest BCUT2D eigenvalue weighted by Gasteiger charge is -2.28. The minimum Gasteiger partial charge on any atom is -0.481 e. The maximum absolute atomic E-state index is 12.3. The van der Waals surface area contributed by atoms with Gasteiger partial charge in [-0.25, -0.2) is 0 Å². The summed E-state index contributed by atoms with van der Waals surface area (Å²) in [6.45, 7) is 4.15. The zero-order valence-corrected chi connectivity index (χ0v) is 13.3. The van der Waals surface area contributed by atoms with Crippen molar-refractivity contribution in [3.63, 3.8) is 0 Å². The van der Waals surface area contributed by atoms with Gasteiger partial charge in [0, 0.05) is 20.1 Å². The molecule has 1 saturated carbocycles. The molecule has 1 saturated heterocycles. The number of likely N-dealkylation sites (N-methyl/N-ethyl adjacent to an activating group) is 1. The summed E-state index contributed by atoms with van der Waals surface area (Å²) >= 11 is 0. The van der Waals surface area contributed by atoms with E-state index in [0.29, 0.717) is 32.0 Å². The van der Waals surface area contributed by atoms with Crippen LogP contribution >= 0.6 is 0 Å². The molecule has 1 atom stereocenters. The number of carbonyl (C=O) groups is 2. The predicted octanol–water partition coefficient (Wildman–Crippen LogP) is 1.82. The van der Waals surface area contributed by atoms with E-state index in [4.69, 9.17) is 0 Å². The topological polar surface area (TPSA) is 60.9 Å². The second-order valence-electron chi connectivity index (χ2n) is 7.10. The number of rotatable bonds is 5. The van der Waals surface area contributed by atoms with E-state index in [1.54, 1.807) is 6.92 Å². The van der Waals surface area contributed by atoms with Crippen molar-refractivity contribution in [3.8, 4) is 0 Å². The van der Waals surface area contributed by atoms with Crippen molar-refractivity contribution in [1.29, 1.82) is 0 Å². The second kappa shape index (κ2) is 6.77. The molecule has 0 bridgehead atoms. The number of carboxylic acids is 1. The molecule has 5 nitrogen and oxygen atoms in total. The molecule has 5 heteroatoms. The highest BCUT2D eigenvalue weighted by molar-refractivity contribution is 5.79. The fraction of sp³-hybridized carbons (Fsp3) is 0.875. The average Bonchev–Trinajstić information content (AvgIpc) is 2.82. The molecule has 0 aromatic heterocycles. The first kappa shape index (κ1) is 16.3. The number of nitrogens with zero attached hydrogens (tertiary/aromatic N) is 2. The van der Waals surface area contributed by atoms with E-state index in [0.717, 1.165) is 6.54 Å². The Kier molecular flexibility index (Phi) is 5.25. The van der Waals surface area contributed by atoms with Crippen molar-refractivity contribution in [1.82, 2.24) is 9.80 Å². The van der Waals surface area contributed by atoms with Crippen LogP contribution in [0.15, 0.2) is 0 Å².